The lowest BCUT2D eigenvalue weighted by Crippen LogP contribution is -2.34. The van der Waals surface area contributed by atoms with Crippen molar-refractivity contribution in [3.05, 3.63) is 59.7 Å². The Labute approximate surface area is 150 Å². The summed E-state index contributed by atoms with van der Waals surface area (Å²) < 4.78 is 4.91. The average molecular weight is 349 g/mol. The molecule has 0 unspecified atom stereocenters. The fraction of sp³-hybridized carbons (Fsp3) is 0.316. The van der Waals surface area contributed by atoms with Crippen molar-refractivity contribution in [3.63, 3.8) is 0 Å². The molecule has 24 heavy (non-hydrogen) atoms. The zero-order chi connectivity index (χ0) is 16.5. The SMILES string of the molecule is COCCNCC(=O)NCc1ccc(-c2cccc(C)c2)cc1.Cl. The highest BCUT2D eigenvalue weighted by atomic mass is 35.5. The minimum absolute atomic E-state index is 0. The summed E-state index contributed by atoms with van der Waals surface area (Å²) in [5.41, 5.74) is 4.74. The fourth-order valence-corrected chi connectivity index (χ4v) is 2.28. The third-order valence-corrected chi connectivity index (χ3v) is 3.56. The molecule has 2 aromatic rings. The van der Waals surface area contributed by atoms with Crippen molar-refractivity contribution in [2.75, 3.05) is 26.8 Å². The molecule has 0 aliphatic carbocycles. The number of ether oxygens (including phenoxy) is 1. The first-order valence-electron chi connectivity index (χ1n) is 7.81. The molecule has 0 bridgehead atoms. The Morgan fingerprint density at radius 1 is 1.08 bits per heavy atom. The van der Waals surface area contributed by atoms with Crippen LogP contribution in [0.15, 0.2) is 48.5 Å². The molecule has 0 aliphatic rings. The van der Waals surface area contributed by atoms with Crippen molar-refractivity contribution in [3.8, 4) is 11.1 Å². The molecule has 2 N–H and O–H groups in total. The Morgan fingerprint density at radius 2 is 1.83 bits per heavy atom. The number of carbonyl (C=O) groups excluding carboxylic acids is 1. The Hall–Kier alpha value is -1.88. The van der Waals surface area contributed by atoms with E-state index in [1.165, 1.54) is 16.7 Å². The molecular formula is C19H25ClN2O2. The van der Waals surface area contributed by atoms with Gasteiger partial charge in [-0.25, -0.2) is 0 Å². The first-order valence-corrected chi connectivity index (χ1v) is 7.81. The number of rotatable bonds is 8. The van der Waals surface area contributed by atoms with E-state index in [2.05, 4.69) is 66.1 Å². The second kappa shape index (κ2) is 10.8. The Kier molecular flexibility index (Phi) is 9.08. The quantitative estimate of drug-likeness (QED) is 0.721. The van der Waals surface area contributed by atoms with Crippen LogP contribution in [0.5, 0.6) is 0 Å². The van der Waals surface area contributed by atoms with E-state index in [1.807, 2.05) is 0 Å². The summed E-state index contributed by atoms with van der Waals surface area (Å²) >= 11 is 0. The number of aryl methyl sites for hydroxylation is 1. The fourth-order valence-electron chi connectivity index (χ4n) is 2.28. The van der Waals surface area contributed by atoms with E-state index in [1.54, 1.807) is 7.11 Å². The maximum atomic E-state index is 11.7. The van der Waals surface area contributed by atoms with E-state index in [9.17, 15) is 4.79 Å². The van der Waals surface area contributed by atoms with Crippen LogP contribution in [0.2, 0.25) is 0 Å². The van der Waals surface area contributed by atoms with Crippen LogP contribution in [-0.4, -0.2) is 32.7 Å². The number of amides is 1. The van der Waals surface area contributed by atoms with Crippen LogP contribution >= 0.6 is 12.4 Å². The normalized spacial score (nSPS) is 10.1. The predicted molar refractivity (Wildman–Crippen MR) is 100 cm³/mol. The summed E-state index contributed by atoms with van der Waals surface area (Å²) in [4.78, 5) is 11.7. The van der Waals surface area contributed by atoms with Gasteiger partial charge in [-0.1, -0.05) is 54.1 Å². The molecule has 4 nitrogen and oxygen atoms in total. The van der Waals surface area contributed by atoms with Gasteiger partial charge in [0.25, 0.3) is 0 Å². The maximum Gasteiger partial charge on any atom is 0.234 e. The molecule has 0 aromatic heterocycles. The van der Waals surface area contributed by atoms with Gasteiger partial charge in [0.05, 0.1) is 13.2 Å². The third kappa shape index (κ3) is 6.71. The number of benzene rings is 2. The summed E-state index contributed by atoms with van der Waals surface area (Å²) in [5.74, 6) is -0.0103. The lowest BCUT2D eigenvalue weighted by molar-refractivity contribution is -0.120. The summed E-state index contributed by atoms with van der Waals surface area (Å²) in [6.07, 6.45) is 0. The van der Waals surface area contributed by atoms with Gasteiger partial charge < -0.3 is 15.4 Å². The van der Waals surface area contributed by atoms with Crippen LogP contribution in [0.1, 0.15) is 11.1 Å². The van der Waals surface area contributed by atoms with Gasteiger partial charge in [0.2, 0.25) is 5.91 Å². The van der Waals surface area contributed by atoms with Gasteiger partial charge >= 0.3 is 0 Å². The van der Waals surface area contributed by atoms with Gasteiger partial charge in [0, 0.05) is 20.2 Å². The summed E-state index contributed by atoms with van der Waals surface area (Å²) in [7, 11) is 1.64. The van der Waals surface area contributed by atoms with Crippen LogP contribution < -0.4 is 10.6 Å². The van der Waals surface area contributed by atoms with Gasteiger partial charge in [0.1, 0.15) is 0 Å². The summed E-state index contributed by atoms with van der Waals surface area (Å²) in [5, 5.41) is 5.92. The molecule has 0 heterocycles. The van der Waals surface area contributed by atoms with Crippen molar-refractivity contribution in [2.45, 2.75) is 13.5 Å². The molecule has 130 valence electrons. The zero-order valence-electron chi connectivity index (χ0n) is 14.2. The van der Waals surface area contributed by atoms with Gasteiger partial charge in [0.15, 0.2) is 0 Å². The monoisotopic (exact) mass is 348 g/mol. The second-order valence-electron chi connectivity index (χ2n) is 5.51. The molecule has 2 rings (SSSR count). The molecule has 0 atom stereocenters. The standard InChI is InChI=1S/C19H24N2O2.ClH/c1-15-4-3-5-18(12-15)17-8-6-16(7-9-17)13-21-19(22)14-20-10-11-23-2;/h3-9,12,20H,10-11,13-14H2,1-2H3,(H,21,22);1H. The highest BCUT2D eigenvalue weighted by Gasteiger charge is 2.02. The number of hydrogen-bond acceptors (Lipinski definition) is 3. The van der Waals surface area contributed by atoms with E-state index in [-0.39, 0.29) is 18.3 Å². The first-order chi connectivity index (χ1) is 11.2. The minimum atomic E-state index is -0.0103. The van der Waals surface area contributed by atoms with E-state index in [0.717, 1.165) is 5.56 Å². The second-order valence-corrected chi connectivity index (χ2v) is 5.51. The first kappa shape index (κ1) is 20.2. The lowest BCUT2D eigenvalue weighted by Gasteiger charge is -2.08. The van der Waals surface area contributed by atoms with E-state index >= 15 is 0 Å². The zero-order valence-corrected chi connectivity index (χ0v) is 15.0. The molecule has 0 fully saturated rings. The Morgan fingerprint density at radius 3 is 2.50 bits per heavy atom. The molecule has 2 aromatic carbocycles. The van der Waals surface area contributed by atoms with Crippen molar-refractivity contribution < 1.29 is 9.53 Å². The van der Waals surface area contributed by atoms with E-state index in [0.29, 0.717) is 26.2 Å². The average Bonchev–Trinajstić information content (AvgIpc) is 2.57. The topological polar surface area (TPSA) is 50.4 Å². The highest BCUT2D eigenvalue weighted by molar-refractivity contribution is 5.85. The van der Waals surface area contributed by atoms with Crippen LogP contribution in [0.3, 0.4) is 0 Å². The smallest absolute Gasteiger partial charge is 0.234 e. The molecule has 1 amide bonds. The Bertz CT molecular complexity index is 630. The van der Waals surface area contributed by atoms with Crippen molar-refractivity contribution in [1.82, 2.24) is 10.6 Å². The van der Waals surface area contributed by atoms with E-state index < -0.39 is 0 Å². The van der Waals surface area contributed by atoms with Gasteiger partial charge in [-0.15, -0.1) is 12.4 Å². The minimum Gasteiger partial charge on any atom is -0.383 e. The van der Waals surface area contributed by atoms with Crippen molar-refractivity contribution in [2.24, 2.45) is 0 Å². The van der Waals surface area contributed by atoms with Crippen LogP contribution in [0, 0.1) is 6.92 Å². The number of methoxy groups -OCH3 is 1. The number of halogens is 1. The third-order valence-electron chi connectivity index (χ3n) is 3.56. The number of hydrogen-bond donors (Lipinski definition) is 2. The van der Waals surface area contributed by atoms with E-state index in [4.69, 9.17) is 4.74 Å². The van der Waals surface area contributed by atoms with Crippen molar-refractivity contribution >= 4 is 18.3 Å². The van der Waals surface area contributed by atoms with Crippen molar-refractivity contribution in [1.29, 1.82) is 0 Å². The summed E-state index contributed by atoms with van der Waals surface area (Å²) in [6.45, 7) is 4.22. The van der Waals surface area contributed by atoms with Gasteiger partial charge in [-0.3, -0.25) is 4.79 Å². The molecule has 0 radical (unpaired) electrons. The molecule has 0 spiro atoms. The maximum absolute atomic E-state index is 11.7. The van der Waals surface area contributed by atoms with Gasteiger partial charge in [-0.2, -0.15) is 0 Å². The van der Waals surface area contributed by atoms with Crippen LogP contribution in [0.25, 0.3) is 11.1 Å². The van der Waals surface area contributed by atoms with Crippen LogP contribution in [0.4, 0.5) is 0 Å². The molecular weight excluding hydrogens is 324 g/mol. The molecule has 5 heteroatoms. The number of carbonyl (C=O) groups is 1. The predicted octanol–water partition coefficient (Wildman–Crippen LogP) is 2.94. The molecule has 0 saturated heterocycles. The van der Waals surface area contributed by atoms with Crippen LogP contribution in [-0.2, 0) is 16.1 Å². The van der Waals surface area contributed by atoms with Gasteiger partial charge in [-0.05, 0) is 23.6 Å². The summed E-state index contributed by atoms with van der Waals surface area (Å²) in [6, 6.07) is 16.7. The lowest BCUT2D eigenvalue weighted by atomic mass is 10.0. The molecule has 0 saturated carbocycles. The Balaban J connectivity index is 0.00000288. The highest BCUT2D eigenvalue weighted by Crippen LogP contribution is 2.20. The molecule has 0 aliphatic heterocycles. The largest absolute Gasteiger partial charge is 0.383 e. The number of nitrogens with one attached hydrogen (secondary N) is 2.